The Bertz CT molecular complexity index is 2410. The van der Waals surface area contributed by atoms with Gasteiger partial charge in [0.05, 0.1) is 0 Å². The Balaban J connectivity index is 0.000000189. The van der Waals surface area contributed by atoms with Crippen LogP contribution in [0.4, 0.5) is 22.7 Å². The van der Waals surface area contributed by atoms with Gasteiger partial charge in [-0.25, -0.2) is 0 Å². The van der Waals surface area contributed by atoms with Crippen LogP contribution >= 0.6 is 0 Å². The smallest absolute Gasteiger partial charge is 0.141 e. The predicted octanol–water partition coefficient (Wildman–Crippen LogP) is 13.8. The van der Waals surface area contributed by atoms with Gasteiger partial charge in [-0.3, -0.25) is 20.0 Å². The first-order valence-electron chi connectivity index (χ1n) is 20.6. The average Bonchev–Trinajstić information content (AvgIpc) is 3.32. The maximum absolute atomic E-state index is 9.60. The summed E-state index contributed by atoms with van der Waals surface area (Å²) in [5.41, 5.74) is 10.8. The van der Waals surface area contributed by atoms with E-state index in [1.165, 1.54) is 0 Å². The van der Waals surface area contributed by atoms with E-state index in [0.717, 1.165) is 44.5 Å². The third kappa shape index (κ3) is 18.0. The largest absolute Gasteiger partial charge is 0.506 e. The second-order valence-electron chi connectivity index (χ2n) is 14.6. The molecule has 8 aromatic rings. The number of benzene rings is 8. The number of phenolic OH excluding ortho intramolecular Hbond substituents is 4. The fourth-order valence-corrected chi connectivity index (χ4v) is 5.68. The molecule has 0 aliphatic carbocycles. The molecule has 0 unspecified atom stereocenters. The molecule has 0 aliphatic heterocycles. The Morgan fingerprint density at radius 1 is 0.277 bits per heavy atom. The van der Waals surface area contributed by atoms with Crippen LogP contribution in [0.1, 0.15) is 44.5 Å². The molecule has 4 N–H and O–H groups in total. The molecule has 0 heterocycles. The minimum Gasteiger partial charge on any atom is -0.506 e. The van der Waals surface area contributed by atoms with Crippen LogP contribution in [0, 0.1) is 27.7 Å². The van der Waals surface area contributed by atoms with E-state index in [2.05, 4.69) is 20.0 Å². The number of aromatic hydroxyl groups is 4. The molecule has 0 saturated heterocycles. The Morgan fingerprint density at radius 2 is 0.462 bits per heavy atom. The number of rotatable bonds is 8. The SMILES string of the molecule is Cc1ccc(O)c(N=Cc2ccccc2)c1.Cc1ccc(O)c(N=Cc2ccccc2)c1.Cc1ccc(O)c(N=Cc2ccccc2)c1.Cc1ccc(O)c(N=Cc2ccccc2)c1.[Zr]. The maximum Gasteiger partial charge on any atom is 0.141 e. The summed E-state index contributed by atoms with van der Waals surface area (Å²) in [6, 6.07) is 60.7. The molecule has 0 aliphatic rings. The van der Waals surface area contributed by atoms with Gasteiger partial charge in [0, 0.05) is 51.1 Å². The Labute approximate surface area is 401 Å². The fourth-order valence-electron chi connectivity index (χ4n) is 5.68. The second-order valence-corrected chi connectivity index (χ2v) is 14.6. The topological polar surface area (TPSA) is 130 Å². The normalized spacial score (nSPS) is 10.6. The van der Waals surface area contributed by atoms with E-state index in [1.54, 1.807) is 49.1 Å². The molecule has 0 bridgehead atoms. The van der Waals surface area contributed by atoms with Crippen LogP contribution in [0.5, 0.6) is 23.0 Å². The zero-order valence-corrected chi connectivity index (χ0v) is 39.3. The summed E-state index contributed by atoms with van der Waals surface area (Å²) in [6.45, 7) is 7.89. The van der Waals surface area contributed by atoms with Gasteiger partial charge in [0.25, 0.3) is 0 Å². The summed E-state index contributed by atoms with van der Waals surface area (Å²) in [7, 11) is 0. The molecule has 0 spiro atoms. The van der Waals surface area contributed by atoms with Gasteiger partial charge in [0.15, 0.2) is 0 Å². The van der Waals surface area contributed by atoms with Crippen molar-refractivity contribution in [1.82, 2.24) is 0 Å². The van der Waals surface area contributed by atoms with Crippen LogP contribution < -0.4 is 0 Å². The Morgan fingerprint density at radius 3 is 0.646 bits per heavy atom. The van der Waals surface area contributed by atoms with Crippen molar-refractivity contribution in [3.8, 4) is 23.0 Å². The number of hydrogen-bond acceptors (Lipinski definition) is 8. The van der Waals surface area contributed by atoms with Crippen molar-refractivity contribution in [2.45, 2.75) is 27.7 Å². The van der Waals surface area contributed by atoms with Gasteiger partial charge in [0.1, 0.15) is 45.7 Å². The number of aryl methyl sites for hydroxylation is 4. The van der Waals surface area contributed by atoms with Crippen molar-refractivity contribution < 1.29 is 46.6 Å². The molecular weight excluding hydrogens is 884 g/mol. The molecule has 0 amide bonds. The number of phenols is 4. The fraction of sp³-hybridized carbons (Fsp3) is 0.0714. The molecule has 65 heavy (non-hydrogen) atoms. The molecule has 0 saturated carbocycles. The van der Waals surface area contributed by atoms with Crippen LogP contribution in [-0.2, 0) is 26.2 Å². The molecule has 9 heteroatoms. The summed E-state index contributed by atoms with van der Waals surface area (Å²) in [5.74, 6) is 0.825. The van der Waals surface area contributed by atoms with Gasteiger partial charge in [-0.2, -0.15) is 0 Å². The Hall–Kier alpha value is -7.48. The van der Waals surface area contributed by atoms with E-state index in [9.17, 15) is 20.4 Å². The van der Waals surface area contributed by atoms with Gasteiger partial charge in [-0.05, 0) is 121 Å². The zero-order valence-electron chi connectivity index (χ0n) is 36.9. The first-order chi connectivity index (χ1) is 31.0. The molecule has 324 valence electrons. The molecule has 0 atom stereocenters. The van der Waals surface area contributed by atoms with Crippen LogP contribution in [0.15, 0.2) is 214 Å². The van der Waals surface area contributed by atoms with Gasteiger partial charge in [-0.15, -0.1) is 0 Å². The van der Waals surface area contributed by atoms with Crippen LogP contribution in [0.3, 0.4) is 0 Å². The second kappa shape index (κ2) is 26.9. The number of nitrogens with zero attached hydrogens (tertiary/aromatic N) is 4. The van der Waals surface area contributed by atoms with Crippen molar-refractivity contribution in [2.24, 2.45) is 20.0 Å². The van der Waals surface area contributed by atoms with Crippen molar-refractivity contribution in [1.29, 1.82) is 0 Å². The zero-order chi connectivity index (χ0) is 45.5. The van der Waals surface area contributed by atoms with Gasteiger partial charge in [-0.1, -0.05) is 146 Å². The van der Waals surface area contributed by atoms with E-state index in [4.69, 9.17) is 0 Å². The molecule has 0 radical (unpaired) electrons. The van der Waals surface area contributed by atoms with Crippen molar-refractivity contribution in [2.75, 3.05) is 0 Å². The molecule has 8 rings (SSSR count). The molecule has 0 aromatic heterocycles. The van der Waals surface area contributed by atoms with E-state index >= 15 is 0 Å². The summed E-state index contributed by atoms with van der Waals surface area (Å²) in [6.07, 6.45) is 6.98. The van der Waals surface area contributed by atoms with E-state index in [0.29, 0.717) is 22.7 Å². The summed E-state index contributed by atoms with van der Waals surface area (Å²) < 4.78 is 0. The quantitative estimate of drug-likeness (QED) is 0.113. The molecule has 8 nitrogen and oxygen atoms in total. The van der Waals surface area contributed by atoms with Crippen molar-refractivity contribution in [3.63, 3.8) is 0 Å². The summed E-state index contributed by atoms with van der Waals surface area (Å²) in [5, 5.41) is 38.4. The van der Waals surface area contributed by atoms with E-state index in [-0.39, 0.29) is 49.2 Å². The molecule has 0 fully saturated rings. The van der Waals surface area contributed by atoms with E-state index < -0.39 is 0 Å². The molecule has 8 aromatic carbocycles. The first-order valence-corrected chi connectivity index (χ1v) is 20.6. The average molecular weight is 936 g/mol. The predicted molar refractivity (Wildman–Crippen MR) is 266 cm³/mol. The van der Waals surface area contributed by atoms with Gasteiger partial charge in [0.2, 0.25) is 0 Å². The van der Waals surface area contributed by atoms with Crippen LogP contribution in [-0.4, -0.2) is 45.3 Å². The monoisotopic (exact) mass is 934 g/mol. The minimum atomic E-state index is 0. The Kier molecular flexibility index (Phi) is 20.7. The van der Waals surface area contributed by atoms with Gasteiger partial charge >= 0.3 is 0 Å². The van der Waals surface area contributed by atoms with Crippen LogP contribution in [0.2, 0.25) is 0 Å². The third-order valence-electron chi connectivity index (χ3n) is 9.13. The number of aliphatic imine (C=N–C) groups is 4. The van der Waals surface area contributed by atoms with E-state index in [1.807, 2.05) is 198 Å². The summed E-state index contributed by atoms with van der Waals surface area (Å²) in [4.78, 5) is 17.0. The standard InChI is InChI=1S/4C14H13NO.Zr/c4*1-11-7-8-14(16)13(9-11)15-10-12-5-3-2-4-6-12;/h4*2-10,16H,1H3;. The summed E-state index contributed by atoms with van der Waals surface area (Å²) >= 11 is 0. The maximum atomic E-state index is 9.60. The van der Waals surface area contributed by atoms with Crippen molar-refractivity contribution >= 4 is 47.6 Å². The van der Waals surface area contributed by atoms with Crippen molar-refractivity contribution in [3.05, 3.63) is 239 Å². The van der Waals surface area contributed by atoms with Crippen LogP contribution in [0.25, 0.3) is 0 Å². The first kappa shape index (κ1) is 50.2. The molecular formula is C56H52N4O4Zr. The third-order valence-corrected chi connectivity index (χ3v) is 9.13. The minimum absolute atomic E-state index is 0. The number of hydrogen-bond donors (Lipinski definition) is 4. The van der Waals surface area contributed by atoms with Gasteiger partial charge < -0.3 is 20.4 Å².